The summed E-state index contributed by atoms with van der Waals surface area (Å²) in [6, 6.07) is 0. The zero-order valence-electron chi connectivity index (χ0n) is 14.9. The average molecular weight is 366 g/mol. The molecule has 0 saturated heterocycles. The second-order valence-electron chi connectivity index (χ2n) is 5.86. The van der Waals surface area contributed by atoms with E-state index in [9.17, 15) is 10.4 Å². The molecule has 0 radical (unpaired) electrons. The van der Waals surface area contributed by atoms with Crippen LogP contribution in [0.15, 0.2) is 29.8 Å². The summed E-state index contributed by atoms with van der Waals surface area (Å²) in [4.78, 5) is 0. The molecule has 2 heterocycles. The minimum atomic E-state index is 0.153. The summed E-state index contributed by atoms with van der Waals surface area (Å²) in [7, 11) is 0. The fourth-order valence-electron chi connectivity index (χ4n) is 2.55. The lowest BCUT2D eigenvalue weighted by Crippen LogP contribution is -2.38. The van der Waals surface area contributed by atoms with Crippen molar-refractivity contribution >= 4 is 11.8 Å². The van der Waals surface area contributed by atoms with Gasteiger partial charge in [-0.2, -0.15) is 0 Å². The largest absolute Gasteiger partial charge is 0.775 e. The van der Waals surface area contributed by atoms with E-state index in [1.165, 1.54) is 0 Å². The molecule has 12 heteroatoms. The summed E-state index contributed by atoms with van der Waals surface area (Å²) in [6.45, 7) is 5.01. The van der Waals surface area contributed by atoms with Crippen molar-refractivity contribution in [3.8, 4) is 0 Å². The summed E-state index contributed by atoms with van der Waals surface area (Å²) < 4.78 is 13.2. The van der Waals surface area contributed by atoms with Crippen LogP contribution in [0.4, 0.5) is 11.8 Å². The third-order valence-corrected chi connectivity index (χ3v) is 4.10. The molecule has 2 aromatic heterocycles. The zero-order valence-corrected chi connectivity index (χ0v) is 14.9. The summed E-state index contributed by atoms with van der Waals surface area (Å²) >= 11 is 0. The number of aromatic nitrogens is 4. The van der Waals surface area contributed by atoms with Crippen molar-refractivity contribution in [1.29, 1.82) is 0 Å². The lowest BCUT2D eigenvalue weighted by molar-refractivity contribution is -0.767. The second kappa shape index (κ2) is 10.2. The predicted octanol–water partition coefficient (Wildman–Crippen LogP) is 3.06. The number of rotatable bonds is 11. The quantitative estimate of drug-likeness (QED) is 0.257. The van der Waals surface area contributed by atoms with Crippen LogP contribution in [0, 0.1) is 24.3 Å². The van der Waals surface area contributed by atoms with E-state index in [-0.39, 0.29) is 11.8 Å². The number of hydrogen-bond acceptors (Lipinski definition) is 10. The fourth-order valence-corrected chi connectivity index (χ4v) is 2.55. The van der Waals surface area contributed by atoms with E-state index < -0.39 is 0 Å². The van der Waals surface area contributed by atoms with Gasteiger partial charge in [-0.3, -0.25) is 9.05 Å². The molecule has 0 amide bonds. The second-order valence-corrected chi connectivity index (χ2v) is 5.86. The Hall–Kier alpha value is -2.92. The highest BCUT2D eigenvalue weighted by atomic mass is 16.5. The van der Waals surface area contributed by atoms with Crippen LogP contribution in [0.25, 0.3) is 0 Å². The van der Waals surface area contributed by atoms with Crippen molar-refractivity contribution in [3.05, 3.63) is 21.8 Å². The first-order chi connectivity index (χ1) is 12.7. The SMILES string of the molecule is Cc1c(/N=N\[O-])on[n+]1CCCCCCCC[n+]1noc(/N=N\[O-])c1C. The topological polar surface area (TPSA) is 155 Å². The molecule has 142 valence electrons. The highest BCUT2D eigenvalue weighted by Gasteiger charge is 2.20. The fraction of sp³-hybridized carbons (Fsp3) is 0.714. The standard InChI is InChI=1S/C14H22N8O4/c1-11-13(15-17-23)25-19-21(11)9-7-5-3-4-6-8-10-22-12(2)14(16-18-24)26-20-22/h3-10H2,1-2H3. The van der Waals surface area contributed by atoms with Crippen LogP contribution in [-0.2, 0) is 13.1 Å². The van der Waals surface area contributed by atoms with Gasteiger partial charge < -0.3 is 10.4 Å². The van der Waals surface area contributed by atoms with E-state index in [0.29, 0.717) is 11.4 Å². The number of hydrogen-bond donors (Lipinski definition) is 0. The predicted molar refractivity (Wildman–Crippen MR) is 86.3 cm³/mol. The van der Waals surface area contributed by atoms with Crippen LogP contribution in [-0.4, -0.2) is 10.5 Å². The lowest BCUT2D eigenvalue weighted by Gasteiger charge is -1.97. The molecule has 0 N–H and O–H groups in total. The first kappa shape index (κ1) is 19.4. The molecule has 0 unspecified atom stereocenters. The Balaban J connectivity index is 1.57. The molecular formula is C14H22N8O4. The number of aryl methyl sites for hydroxylation is 2. The van der Waals surface area contributed by atoms with Gasteiger partial charge >= 0.3 is 11.8 Å². The van der Waals surface area contributed by atoms with Gasteiger partial charge in [0.05, 0.1) is 0 Å². The van der Waals surface area contributed by atoms with Crippen LogP contribution in [0.3, 0.4) is 0 Å². The van der Waals surface area contributed by atoms with Crippen molar-refractivity contribution in [2.45, 2.75) is 65.5 Å². The van der Waals surface area contributed by atoms with Crippen LogP contribution in [0.2, 0.25) is 0 Å². The smallest absolute Gasteiger partial charge is 0.342 e. The Kier molecular flexibility index (Phi) is 7.58. The molecule has 0 aliphatic heterocycles. The highest BCUT2D eigenvalue weighted by Crippen LogP contribution is 2.15. The van der Waals surface area contributed by atoms with Gasteiger partial charge in [0, 0.05) is 26.7 Å². The van der Waals surface area contributed by atoms with Gasteiger partial charge in [-0.1, -0.05) is 12.8 Å². The normalized spacial score (nSPS) is 11.9. The third-order valence-electron chi connectivity index (χ3n) is 4.10. The van der Waals surface area contributed by atoms with Crippen molar-refractivity contribution < 1.29 is 18.4 Å². The van der Waals surface area contributed by atoms with Gasteiger partial charge in [-0.25, -0.2) is 10.6 Å². The molecule has 0 aromatic carbocycles. The third kappa shape index (κ3) is 5.29. The van der Waals surface area contributed by atoms with E-state index in [0.717, 1.165) is 51.6 Å². The molecule has 0 fully saturated rings. The Labute approximate surface area is 149 Å². The van der Waals surface area contributed by atoms with Gasteiger partial charge in [0.1, 0.15) is 0 Å². The lowest BCUT2D eigenvalue weighted by atomic mass is 10.1. The maximum Gasteiger partial charge on any atom is 0.342 e. The van der Waals surface area contributed by atoms with Gasteiger partial charge in [0.2, 0.25) is 10.5 Å². The zero-order chi connectivity index (χ0) is 18.8. The first-order valence-corrected chi connectivity index (χ1v) is 8.47. The molecule has 0 spiro atoms. The van der Waals surface area contributed by atoms with Crippen molar-refractivity contribution in [2.24, 2.45) is 20.8 Å². The van der Waals surface area contributed by atoms with E-state index in [4.69, 9.17) is 9.05 Å². The van der Waals surface area contributed by atoms with Gasteiger partial charge in [0.15, 0.2) is 13.1 Å². The van der Waals surface area contributed by atoms with Crippen LogP contribution < -0.4 is 9.36 Å². The van der Waals surface area contributed by atoms with Crippen molar-refractivity contribution in [2.75, 3.05) is 0 Å². The molecule has 0 aliphatic rings. The molecule has 26 heavy (non-hydrogen) atoms. The summed E-state index contributed by atoms with van der Waals surface area (Å²) in [6.07, 6.45) is 6.30. The minimum absolute atomic E-state index is 0.153. The molecule has 0 saturated carbocycles. The van der Waals surface area contributed by atoms with Gasteiger partial charge in [-0.15, -0.1) is 10.2 Å². The van der Waals surface area contributed by atoms with E-state index in [1.54, 1.807) is 23.2 Å². The van der Waals surface area contributed by atoms with E-state index in [1.807, 2.05) is 0 Å². The molecular weight excluding hydrogens is 344 g/mol. The molecule has 12 nitrogen and oxygen atoms in total. The monoisotopic (exact) mass is 366 g/mol. The number of nitrogens with zero attached hydrogens (tertiary/aromatic N) is 8. The number of unbranched alkanes of at least 4 members (excludes halogenated alkanes) is 5. The molecule has 2 aromatic rings. The van der Waals surface area contributed by atoms with E-state index >= 15 is 0 Å². The van der Waals surface area contributed by atoms with Gasteiger partial charge in [-0.05, 0) is 22.2 Å². The summed E-state index contributed by atoms with van der Waals surface area (Å²) in [5.74, 6) is 0.307. The van der Waals surface area contributed by atoms with Gasteiger partial charge in [0.25, 0.3) is 11.4 Å². The molecule has 0 bridgehead atoms. The maximum absolute atomic E-state index is 10.1. The van der Waals surface area contributed by atoms with Crippen molar-refractivity contribution in [3.63, 3.8) is 0 Å². The average Bonchev–Trinajstić information content (AvgIpc) is 3.15. The Morgan fingerprint density at radius 1 is 0.731 bits per heavy atom. The Morgan fingerprint density at radius 2 is 1.12 bits per heavy atom. The minimum Gasteiger partial charge on any atom is -0.775 e. The molecule has 0 atom stereocenters. The van der Waals surface area contributed by atoms with Crippen LogP contribution in [0.1, 0.15) is 49.9 Å². The Morgan fingerprint density at radius 3 is 1.50 bits per heavy atom. The van der Waals surface area contributed by atoms with Crippen LogP contribution >= 0.6 is 0 Å². The molecule has 0 aliphatic carbocycles. The maximum atomic E-state index is 10.1. The van der Waals surface area contributed by atoms with Crippen LogP contribution in [0.5, 0.6) is 0 Å². The van der Waals surface area contributed by atoms with E-state index in [2.05, 4.69) is 31.3 Å². The summed E-state index contributed by atoms with van der Waals surface area (Å²) in [5, 5.41) is 39.5. The van der Waals surface area contributed by atoms with Crippen molar-refractivity contribution in [1.82, 2.24) is 10.5 Å². The molecule has 2 rings (SSSR count). The first-order valence-electron chi connectivity index (χ1n) is 8.47. The summed E-state index contributed by atoms with van der Waals surface area (Å²) in [5.41, 5.74) is 1.39. The Bertz CT molecular complexity index is 677. The highest BCUT2D eigenvalue weighted by molar-refractivity contribution is 5.21.